The molecule has 0 aromatic carbocycles. The van der Waals surface area contributed by atoms with Gasteiger partial charge in [-0.25, -0.2) is 5.84 Å². The van der Waals surface area contributed by atoms with E-state index in [1.807, 2.05) is 12.1 Å². The normalized spacial score (nSPS) is 14.6. The Morgan fingerprint density at radius 1 is 1.20 bits per heavy atom. The summed E-state index contributed by atoms with van der Waals surface area (Å²) >= 11 is 0. The van der Waals surface area contributed by atoms with Crippen molar-refractivity contribution in [2.45, 2.75) is 19.4 Å². The fourth-order valence-electron chi connectivity index (χ4n) is 2.15. The molecule has 0 atom stereocenters. The van der Waals surface area contributed by atoms with Gasteiger partial charge in [-0.1, -0.05) is 0 Å². The molecule has 0 unspecified atom stereocenters. The molecule has 0 saturated carbocycles. The Hall–Kier alpha value is -2.35. The topological polar surface area (TPSA) is 105 Å². The minimum absolute atomic E-state index is 0.351. The van der Waals surface area contributed by atoms with Crippen molar-refractivity contribution in [1.29, 1.82) is 0 Å². The van der Waals surface area contributed by atoms with Gasteiger partial charge in [0.25, 0.3) is 0 Å². The number of hydrazine groups is 1. The lowest BCUT2D eigenvalue weighted by atomic mass is 10.4. The second-order valence-corrected chi connectivity index (χ2v) is 4.55. The molecule has 1 fully saturated rings. The van der Waals surface area contributed by atoms with Crippen LogP contribution in [-0.2, 0) is 6.54 Å². The van der Waals surface area contributed by atoms with Gasteiger partial charge in [0.05, 0.1) is 12.8 Å². The number of aromatic nitrogens is 3. The number of hydrogen-bond donors (Lipinski definition) is 3. The molecule has 20 heavy (non-hydrogen) atoms. The van der Waals surface area contributed by atoms with Crippen molar-refractivity contribution >= 4 is 17.8 Å². The molecule has 3 heterocycles. The molecular formula is C12H17N7O. The molecule has 1 aliphatic heterocycles. The maximum absolute atomic E-state index is 5.41. The number of nitrogens with two attached hydrogens (primary N) is 1. The lowest BCUT2D eigenvalue weighted by Gasteiger charge is -2.16. The molecular weight excluding hydrogens is 258 g/mol. The number of hydrogen-bond acceptors (Lipinski definition) is 8. The molecule has 1 saturated heterocycles. The van der Waals surface area contributed by atoms with Crippen LogP contribution < -0.4 is 21.5 Å². The number of nitrogens with zero attached hydrogens (tertiary/aromatic N) is 4. The van der Waals surface area contributed by atoms with E-state index in [2.05, 4.69) is 30.6 Å². The minimum Gasteiger partial charge on any atom is -0.467 e. The molecule has 0 bridgehead atoms. The summed E-state index contributed by atoms with van der Waals surface area (Å²) in [6, 6.07) is 3.73. The van der Waals surface area contributed by atoms with E-state index in [1.165, 1.54) is 0 Å². The molecule has 0 radical (unpaired) electrons. The van der Waals surface area contributed by atoms with E-state index < -0.39 is 0 Å². The number of nitrogen functional groups attached to an aromatic ring is 1. The third-order valence-corrected chi connectivity index (χ3v) is 3.14. The van der Waals surface area contributed by atoms with E-state index >= 15 is 0 Å². The largest absolute Gasteiger partial charge is 0.467 e. The highest BCUT2D eigenvalue weighted by Crippen LogP contribution is 2.18. The average molecular weight is 275 g/mol. The van der Waals surface area contributed by atoms with Crippen LogP contribution in [0.1, 0.15) is 18.6 Å². The molecule has 3 rings (SSSR count). The van der Waals surface area contributed by atoms with Crippen molar-refractivity contribution < 1.29 is 4.42 Å². The van der Waals surface area contributed by atoms with Gasteiger partial charge in [0.2, 0.25) is 17.8 Å². The van der Waals surface area contributed by atoms with Crippen molar-refractivity contribution in [2.75, 3.05) is 28.7 Å². The van der Waals surface area contributed by atoms with E-state index in [0.29, 0.717) is 24.4 Å². The SMILES string of the molecule is NNc1nc(NCc2ccco2)nc(N2CCCC2)n1. The van der Waals surface area contributed by atoms with Crippen LogP contribution in [0.25, 0.3) is 0 Å². The van der Waals surface area contributed by atoms with Crippen molar-refractivity contribution in [3.05, 3.63) is 24.2 Å². The summed E-state index contributed by atoms with van der Waals surface area (Å²) in [7, 11) is 0. The zero-order valence-electron chi connectivity index (χ0n) is 11.0. The second-order valence-electron chi connectivity index (χ2n) is 4.55. The maximum Gasteiger partial charge on any atom is 0.243 e. The summed E-state index contributed by atoms with van der Waals surface area (Å²) in [5.74, 6) is 7.70. The Balaban J connectivity index is 1.76. The maximum atomic E-state index is 5.41. The second kappa shape index (κ2) is 5.74. The van der Waals surface area contributed by atoms with E-state index in [0.717, 1.165) is 31.7 Å². The molecule has 8 nitrogen and oxygen atoms in total. The highest BCUT2D eigenvalue weighted by Gasteiger charge is 2.17. The van der Waals surface area contributed by atoms with E-state index in [-0.39, 0.29) is 0 Å². The van der Waals surface area contributed by atoms with Gasteiger partial charge in [0, 0.05) is 13.1 Å². The average Bonchev–Trinajstić information content (AvgIpc) is 3.17. The highest BCUT2D eigenvalue weighted by molar-refractivity contribution is 5.43. The Labute approximate surface area is 116 Å². The van der Waals surface area contributed by atoms with E-state index in [4.69, 9.17) is 10.3 Å². The lowest BCUT2D eigenvalue weighted by Crippen LogP contribution is -2.23. The van der Waals surface area contributed by atoms with Gasteiger partial charge in [0.15, 0.2) is 0 Å². The van der Waals surface area contributed by atoms with Gasteiger partial charge in [-0.2, -0.15) is 15.0 Å². The third-order valence-electron chi connectivity index (χ3n) is 3.14. The van der Waals surface area contributed by atoms with E-state index in [9.17, 15) is 0 Å². The van der Waals surface area contributed by atoms with Crippen LogP contribution >= 0.6 is 0 Å². The van der Waals surface area contributed by atoms with Gasteiger partial charge in [-0.05, 0) is 25.0 Å². The molecule has 2 aromatic heterocycles. The minimum atomic E-state index is 0.351. The third kappa shape index (κ3) is 2.80. The van der Waals surface area contributed by atoms with Crippen LogP contribution in [0.15, 0.2) is 22.8 Å². The fourth-order valence-corrected chi connectivity index (χ4v) is 2.15. The summed E-state index contributed by atoms with van der Waals surface area (Å²) in [6.07, 6.45) is 3.95. The molecule has 106 valence electrons. The van der Waals surface area contributed by atoms with Crippen LogP contribution in [0.3, 0.4) is 0 Å². The van der Waals surface area contributed by atoms with Crippen molar-refractivity contribution in [3.63, 3.8) is 0 Å². The molecule has 0 spiro atoms. The van der Waals surface area contributed by atoms with E-state index in [1.54, 1.807) is 6.26 Å². The summed E-state index contributed by atoms with van der Waals surface area (Å²) in [5, 5.41) is 3.11. The van der Waals surface area contributed by atoms with Gasteiger partial charge in [-0.15, -0.1) is 0 Å². The summed E-state index contributed by atoms with van der Waals surface area (Å²) < 4.78 is 5.26. The van der Waals surface area contributed by atoms with Gasteiger partial charge >= 0.3 is 0 Å². The molecule has 1 aliphatic rings. The summed E-state index contributed by atoms with van der Waals surface area (Å²) in [6.45, 7) is 2.44. The summed E-state index contributed by atoms with van der Waals surface area (Å²) in [4.78, 5) is 15.0. The first kappa shape index (κ1) is 12.7. The first-order valence-corrected chi connectivity index (χ1v) is 6.59. The van der Waals surface area contributed by atoms with Crippen LogP contribution in [-0.4, -0.2) is 28.0 Å². The predicted molar refractivity (Wildman–Crippen MR) is 75.1 cm³/mol. The molecule has 0 aliphatic carbocycles. The molecule has 2 aromatic rings. The van der Waals surface area contributed by atoms with Crippen molar-refractivity contribution in [3.8, 4) is 0 Å². The van der Waals surface area contributed by atoms with Crippen LogP contribution in [0.2, 0.25) is 0 Å². The van der Waals surface area contributed by atoms with Crippen LogP contribution in [0.5, 0.6) is 0 Å². The number of furan rings is 1. The Morgan fingerprint density at radius 2 is 2.00 bits per heavy atom. The first-order chi connectivity index (χ1) is 9.85. The number of anilines is 3. The van der Waals surface area contributed by atoms with Crippen LogP contribution in [0, 0.1) is 0 Å². The highest BCUT2D eigenvalue weighted by atomic mass is 16.3. The van der Waals surface area contributed by atoms with Gasteiger partial charge < -0.3 is 14.6 Å². The standard InChI is InChI=1S/C12H17N7O/c13-18-11-15-10(14-8-9-4-3-7-20-9)16-12(17-11)19-5-1-2-6-19/h3-4,7H,1-2,5-6,8,13H2,(H2,14,15,16,17,18). The quantitative estimate of drug-likeness (QED) is 0.547. The molecule has 4 N–H and O–H groups in total. The fraction of sp³-hybridized carbons (Fsp3) is 0.417. The number of rotatable bonds is 5. The zero-order valence-corrected chi connectivity index (χ0v) is 11.0. The predicted octanol–water partition coefficient (Wildman–Crippen LogP) is 0.962. The van der Waals surface area contributed by atoms with Gasteiger partial charge in [0.1, 0.15) is 5.76 Å². The Bertz CT molecular complexity index is 551. The lowest BCUT2D eigenvalue weighted by molar-refractivity contribution is 0.517. The molecule has 0 amide bonds. The molecule has 8 heteroatoms. The van der Waals surface area contributed by atoms with Crippen LogP contribution in [0.4, 0.5) is 17.8 Å². The number of nitrogens with one attached hydrogen (secondary N) is 2. The zero-order chi connectivity index (χ0) is 13.8. The monoisotopic (exact) mass is 275 g/mol. The van der Waals surface area contributed by atoms with Crippen molar-refractivity contribution in [2.24, 2.45) is 5.84 Å². The first-order valence-electron chi connectivity index (χ1n) is 6.59. The smallest absolute Gasteiger partial charge is 0.243 e. The Kier molecular flexibility index (Phi) is 3.64. The van der Waals surface area contributed by atoms with Crippen molar-refractivity contribution in [1.82, 2.24) is 15.0 Å². The summed E-state index contributed by atoms with van der Waals surface area (Å²) in [5.41, 5.74) is 2.47. The van der Waals surface area contributed by atoms with Gasteiger partial charge in [-0.3, -0.25) is 5.43 Å². The Morgan fingerprint density at radius 3 is 2.70 bits per heavy atom.